The van der Waals surface area contributed by atoms with Gasteiger partial charge < -0.3 is 0 Å². The number of halogens is 4. The number of hydrogen-bond acceptors (Lipinski definition) is 2. The zero-order valence-electron chi connectivity index (χ0n) is 7.05. The summed E-state index contributed by atoms with van der Waals surface area (Å²) in [7, 11) is -4.25. The van der Waals surface area contributed by atoms with Crippen LogP contribution in [0.4, 0.5) is 13.2 Å². The van der Waals surface area contributed by atoms with Gasteiger partial charge in [0.2, 0.25) is 10.0 Å². The standard InChI is InChI=1S/C7H5ClF3NO2S/c8-6-4(7(9,10)11)2-1-3-5(6)15(12,13)14/h1-3H,(H2,12,13,14). The molecule has 0 heterocycles. The Balaban J connectivity index is 3.51. The van der Waals surface area contributed by atoms with E-state index in [4.69, 9.17) is 16.7 Å². The Morgan fingerprint density at radius 2 is 1.80 bits per heavy atom. The van der Waals surface area contributed by atoms with Crippen LogP contribution in [0.2, 0.25) is 5.02 Å². The molecule has 15 heavy (non-hydrogen) atoms. The molecule has 0 bridgehead atoms. The molecule has 1 rings (SSSR count). The highest BCUT2D eigenvalue weighted by atomic mass is 35.5. The molecular weight excluding hydrogens is 255 g/mol. The van der Waals surface area contributed by atoms with Gasteiger partial charge in [-0.1, -0.05) is 17.7 Å². The van der Waals surface area contributed by atoms with Crippen LogP contribution in [0.15, 0.2) is 23.1 Å². The van der Waals surface area contributed by atoms with Gasteiger partial charge in [0, 0.05) is 0 Å². The summed E-state index contributed by atoms with van der Waals surface area (Å²) in [5.41, 5.74) is -1.23. The Bertz CT molecular complexity index is 483. The van der Waals surface area contributed by atoms with Crippen molar-refractivity contribution in [2.24, 2.45) is 5.14 Å². The van der Waals surface area contributed by atoms with E-state index in [0.717, 1.165) is 12.1 Å². The van der Waals surface area contributed by atoms with Crippen LogP contribution in [-0.4, -0.2) is 8.42 Å². The second kappa shape index (κ2) is 3.66. The van der Waals surface area contributed by atoms with Crippen molar-refractivity contribution in [1.82, 2.24) is 0 Å². The average Bonchev–Trinajstić information content (AvgIpc) is 1.99. The van der Waals surface area contributed by atoms with E-state index in [-0.39, 0.29) is 0 Å². The summed E-state index contributed by atoms with van der Waals surface area (Å²) in [6.45, 7) is 0. The monoisotopic (exact) mass is 259 g/mol. The van der Waals surface area contributed by atoms with E-state index in [1.165, 1.54) is 0 Å². The molecule has 84 valence electrons. The molecule has 1 aromatic rings. The Morgan fingerprint density at radius 1 is 1.27 bits per heavy atom. The van der Waals surface area contributed by atoms with E-state index >= 15 is 0 Å². The zero-order chi connectivity index (χ0) is 11.9. The van der Waals surface area contributed by atoms with Crippen LogP contribution in [-0.2, 0) is 16.2 Å². The van der Waals surface area contributed by atoms with Gasteiger partial charge in [0.05, 0.1) is 10.6 Å². The van der Waals surface area contributed by atoms with E-state index < -0.39 is 31.7 Å². The summed E-state index contributed by atoms with van der Waals surface area (Å²) < 4.78 is 58.6. The summed E-state index contributed by atoms with van der Waals surface area (Å²) in [4.78, 5) is -0.737. The third-order valence-electron chi connectivity index (χ3n) is 1.58. The molecule has 0 amide bonds. The fourth-order valence-corrected chi connectivity index (χ4v) is 2.13. The molecule has 8 heteroatoms. The third kappa shape index (κ3) is 2.61. The maximum Gasteiger partial charge on any atom is 0.417 e. The van der Waals surface area contributed by atoms with Crippen molar-refractivity contribution in [1.29, 1.82) is 0 Å². The van der Waals surface area contributed by atoms with E-state index in [2.05, 4.69) is 0 Å². The molecule has 0 atom stereocenters. The number of nitrogens with two attached hydrogens (primary N) is 1. The van der Waals surface area contributed by atoms with Gasteiger partial charge in [-0.05, 0) is 12.1 Å². The number of primary sulfonamides is 1. The minimum absolute atomic E-state index is 0.678. The van der Waals surface area contributed by atoms with E-state index in [1.807, 2.05) is 0 Å². The lowest BCUT2D eigenvalue weighted by molar-refractivity contribution is -0.137. The fourth-order valence-electron chi connectivity index (χ4n) is 0.949. The quantitative estimate of drug-likeness (QED) is 0.839. The number of hydrogen-bond donors (Lipinski definition) is 1. The maximum absolute atomic E-state index is 12.3. The minimum atomic E-state index is -4.71. The average molecular weight is 260 g/mol. The van der Waals surface area contributed by atoms with Gasteiger partial charge in [-0.25, -0.2) is 13.6 Å². The Morgan fingerprint density at radius 3 is 2.20 bits per heavy atom. The van der Waals surface area contributed by atoms with Gasteiger partial charge in [0.15, 0.2) is 0 Å². The molecular formula is C7H5ClF3NO2S. The van der Waals surface area contributed by atoms with Crippen molar-refractivity contribution in [2.45, 2.75) is 11.1 Å². The summed E-state index contributed by atoms with van der Waals surface area (Å²) in [6.07, 6.45) is -4.71. The zero-order valence-corrected chi connectivity index (χ0v) is 8.62. The van der Waals surface area contributed by atoms with Crippen LogP contribution in [0.25, 0.3) is 0 Å². The number of benzene rings is 1. The predicted octanol–water partition coefficient (Wildman–Crippen LogP) is 2.01. The molecule has 0 spiro atoms. The highest BCUT2D eigenvalue weighted by molar-refractivity contribution is 7.89. The fraction of sp³-hybridized carbons (Fsp3) is 0.143. The first-order valence-corrected chi connectivity index (χ1v) is 5.45. The van der Waals surface area contributed by atoms with E-state index in [0.29, 0.717) is 6.07 Å². The molecule has 0 aliphatic carbocycles. The van der Waals surface area contributed by atoms with Crippen LogP contribution >= 0.6 is 11.6 Å². The highest BCUT2D eigenvalue weighted by Gasteiger charge is 2.35. The van der Waals surface area contributed by atoms with Gasteiger partial charge in [0.1, 0.15) is 4.90 Å². The lowest BCUT2D eigenvalue weighted by Crippen LogP contribution is -2.15. The molecule has 0 aromatic heterocycles. The molecule has 0 aliphatic heterocycles. The van der Waals surface area contributed by atoms with Crippen LogP contribution in [0.3, 0.4) is 0 Å². The van der Waals surface area contributed by atoms with Crippen molar-refractivity contribution in [3.8, 4) is 0 Å². The lowest BCUT2D eigenvalue weighted by Gasteiger charge is -2.10. The summed E-state index contributed by atoms with van der Waals surface area (Å²) in [6, 6.07) is 2.51. The smallest absolute Gasteiger partial charge is 0.225 e. The number of alkyl halides is 3. The first-order valence-electron chi connectivity index (χ1n) is 3.52. The highest BCUT2D eigenvalue weighted by Crippen LogP contribution is 2.37. The van der Waals surface area contributed by atoms with Crippen LogP contribution in [0.5, 0.6) is 0 Å². The Labute approximate surface area is 88.7 Å². The molecule has 0 unspecified atom stereocenters. The summed E-state index contributed by atoms with van der Waals surface area (Å²) in [5, 5.41) is 3.78. The third-order valence-corrected chi connectivity index (χ3v) is 3.05. The molecule has 0 saturated carbocycles. The lowest BCUT2D eigenvalue weighted by atomic mass is 10.2. The number of sulfonamides is 1. The molecule has 0 radical (unpaired) electrons. The van der Waals surface area contributed by atoms with Crippen LogP contribution < -0.4 is 5.14 Å². The van der Waals surface area contributed by atoms with E-state index in [1.54, 1.807) is 0 Å². The largest absolute Gasteiger partial charge is 0.417 e. The molecule has 0 saturated heterocycles. The summed E-state index contributed by atoms with van der Waals surface area (Å²) >= 11 is 5.30. The minimum Gasteiger partial charge on any atom is -0.225 e. The van der Waals surface area contributed by atoms with Crippen molar-refractivity contribution in [3.63, 3.8) is 0 Å². The van der Waals surface area contributed by atoms with Crippen molar-refractivity contribution in [2.75, 3.05) is 0 Å². The van der Waals surface area contributed by atoms with E-state index in [9.17, 15) is 21.6 Å². The molecule has 0 fully saturated rings. The molecule has 0 aliphatic rings. The van der Waals surface area contributed by atoms with Crippen molar-refractivity contribution >= 4 is 21.6 Å². The van der Waals surface area contributed by atoms with Crippen LogP contribution in [0.1, 0.15) is 5.56 Å². The van der Waals surface area contributed by atoms with Gasteiger partial charge >= 0.3 is 6.18 Å². The molecule has 3 nitrogen and oxygen atoms in total. The van der Waals surface area contributed by atoms with Crippen molar-refractivity contribution in [3.05, 3.63) is 28.8 Å². The second-order valence-electron chi connectivity index (χ2n) is 2.66. The normalized spacial score (nSPS) is 12.9. The van der Waals surface area contributed by atoms with Gasteiger partial charge in [-0.3, -0.25) is 0 Å². The van der Waals surface area contributed by atoms with Gasteiger partial charge in [-0.2, -0.15) is 13.2 Å². The topological polar surface area (TPSA) is 60.2 Å². The molecule has 1 aromatic carbocycles. The van der Waals surface area contributed by atoms with Crippen LogP contribution in [0, 0.1) is 0 Å². The Hall–Kier alpha value is -0.790. The maximum atomic E-state index is 12.3. The first-order chi connectivity index (χ1) is 6.64. The first kappa shape index (κ1) is 12.3. The Kier molecular flexibility index (Phi) is 2.99. The summed E-state index contributed by atoms with van der Waals surface area (Å²) in [5.74, 6) is 0. The SMILES string of the molecule is NS(=O)(=O)c1cccc(C(F)(F)F)c1Cl. The molecule has 2 N–H and O–H groups in total. The second-order valence-corrected chi connectivity index (χ2v) is 4.57. The van der Waals surface area contributed by atoms with Gasteiger partial charge in [-0.15, -0.1) is 0 Å². The van der Waals surface area contributed by atoms with Crippen molar-refractivity contribution < 1.29 is 21.6 Å². The predicted molar refractivity (Wildman–Crippen MR) is 47.8 cm³/mol. The van der Waals surface area contributed by atoms with Gasteiger partial charge in [0.25, 0.3) is 0 Å². The number of rotatable bonds is 1.